The summed E-state index contributed by atoms with van der Waals surface area (Å²) < 4.78 is 13.2. The van der Waals surface area contributed by atoms with Crippen molar-refractivity contribution >= 4 is 22.5 Å². The maximum absolute atomic E-state index is 13.3. The van der Waals surface area contributed by atoms with Gasteiger partial charge in [0.15, 0.2) is 0 Å². The third-order valence-corrected chi connectivity index (χ3v) is 5.71. The van der Waals surface area contributed by atoms with Gasteiger partial charge < -0.3 is 4.90 Å². The van der Waals surface area contributed by atoms with Crippen molar-refractivity contribution in [3.63, 3.8) is 0 Å². The molecule has 1 aliphatic carbocycles. The van der Waals surface area contributed by atoms with Crippen molar-refractivity contribution in [3.8, 4) is 11.1 Å². The molecular weight excluding hydrogens is 365 g/mol. The monoisotopic (exact) mass is 389 g/mol. The number of aryl methyl sites for hydroxylation is 1. The van der Waals surface area contributed by atoms with E-state index in [0.717, 1.165) is 52.5 Å². The van der Waals surface area contributed by atoms with Crippen molar-refractivity contribution in [2.45, 2.75) is 45.6 Å². The predicted octanol–water partition coefficient (Wildman–Crippen LogP) is 5.60. The lowest BCUT2D eigenvalue weighted by Gasteiger charge is -2.39. The molecule has 5 heteroatoms. The van der Waals surface area contributed by atoms with E-state index in [1.807, 2.05) is 43.1 Å². The molecule has 29 heavy (non-hydrogen) atoms. The van der Waals surface area contributed by atoms with E-state index in [0.29, 0.717) is 12.0 Å². The second-order valence-corrected chi connectivity index (χ2v) is 7.61. The Morgan fingerprint density at radius 3 is 2.55 bits per heavy atom. The van der Waals surface area contributed by atoms with Crippen LogP contribution in [-0.4, -0.2) is 21.9 Å². The molecule has 1 fully saturated rings. The summed E-state index contributed by atoms with van der Waals surface area (Å²) in [7, 11) is 0. The Bertz CT molecular complexity index is 1090. The fourth-order valence-electron chi connectivity index (χ4n) is 3.74. The third-order valence-electron chi connectivity index (χ3n) is 5.71. The first-order valence-electron chi connectivity index (χ1n) is 10.0. The van der Waals surface area contributed by atoms with Gasteiger partial charge in [-0.15, -0.1) is 0 Å². The second kappa shape index (κ2) is 7.74. The summed E-state index contributed by atoms with van der Waals surface area (Å²) in [6, 6.07) is 9.16. The number of halogens is 1. The van der Waals surface area contributed by atoms with Gasteiger partial charge in [-0.25, -0.2) is 4.98 Å². The molecule has 0 N–H and O–H groups in total. The largest absolute Gasteiger partial charge is 0.305 e. The smallest absolute Gasteiger partial charge is 0.253 e. The Hall–Kier alpha value is -3.08. The average molecular weight is 389 g/mol. The van der Waals surface area contributed by atoms with Gasteiger partial charge >= 0.3 is 0 Å². The minimum absolute atomic E-state index is 0.0124. The zero-order valence-electron chi connectivity index (χ0n) is 16.8. The third kappa shape index (κ3) is 3.53. The molecule has 1 aliphatic rings. The molecule has 0 atom stereocenters. The van der Waals surface area contributed by atoms with Crippen LogP contribution in [0.4, 0.5) is 10.1 Å². The Labute approximate surface area is 170 Å². The summed E-state index contributed by atoms with van der Waals surface area (Å²) in [5.41, 5.74) is 5.02. The Balaban J connectivity index is 1.90. The predicted molar refractivity (Wildman–Crippen MR) is 114 cm³/mol. The van der Waals surface area contributed by atoms with E-state index in [-0.39, 0.29) is 11.9 Å². The molecule has 3 aromatic rings. The zero-order valence-corrected chi connectivity index (χ0v) is 16.8. The van der Waals surface area contributed by atoms with Crippen LogP contribution in [0.5, 0.6) is 0 Å². The van der Waals surface area contributed by atoms with Crippen LogP contribution in [0.1, 0.15) is 38.2 Å². The van der Waals surface area contributed by atoms with E-state index >= 15 is 0 Å². The molecule has 0 aliphatic heterocycles. The molecule has 1 amide bonds. The number of hydrogen-bond donors (Lipinski definition) is 0. The van der Waals surface area contributed by atoms with E-state index in [4.69, 9.17) is 0 Å². The van der Waals surface area contributed by atoms with Gasteiger partial charge in [-0.3, -0.25) is 9.78 Å². The molecule has 0 unspecified atom stereocenters. The number of fused-ring (bicyclic) bond motifs is 1. The second-order valence-electron chi connectivity index (χ2n) is 7.61. The van der Waals surface area contributed by atoms with Crippen molar-refractivity contribution in [1.29, 1.82) is 0 Å². The van der Waals surface area contributed by atoms with Crippen LogP contribution in [0.2, 0.25) is 0 Å². The molecule has 0 bridgehead atoms. The number of rotatable bonds is 5. The lowest BCUT2D eigenvalue weighted by atomic mass is 9.89. The molecule has 4 rings (SSSR count). The molecule has 148 valence electrons. The van der Waals surface area contributed by atoms with E-state index in [1.54, 1.807) is 6.07 Å². The summed E-state index contributed by atoms with van der Waals surface area (Å²) in [5.74, 6) is -0.519. The molecule has 2 heterocycles. The highest BCUT2D eigenvalue weighted by atomic mass is 19.1. The summed E-state index contributed by atoms with van der Waals surface area (Å²) >= 11 is 0. The number of benzene rings is 1. The van der Waals surface area contributed by atoms with Crippen molar-refractivity contribution in [1.82, 2.24) is 9.97 Å². The highest BCUT2D eigenvalue weighted by Gasteiger charge is 2.32. The van der Waals surface area contributed by atoms with Crippen molar-refractivity contribution in [2.75, 3.05) is 4.90 Å². The van der Waals surface area contributed by atoms with Crippen molar-refractivity contribution in [3.05, 3.63) is 66.4 Å². The normalized spacial score (nSPS) is 13.9. The number of carbonyl (C=O) groups excluding carboxylic acids is 1. The Morgan fingerprint density at radius 1 is 1.17 bits per heavy atom. The molecule has 1 aromatic carbocycles. The number of pyridine rings is 2. The number of hydrogen-bond acceptors (Lipinski definition) is 3. The molecule has 1 saturated carbocycles. The number of anilines is 1. The quantitative estimate of drug-likeness (QED) is 0.422. The fourth-order valence-corrected chi connectivity index (χ4v) is 3.74. The SMILES string of the molecule is C=C(CC)C(=O)N(c1c(C)cnc2ccc(-c3ccc(F)nc3)cc12)C1CCC1. The first-order valence-corrected chi connectivity index (χ1v) is 10.0. The van der Waals surface area contributed by atoms with Gasteiger partial charge in [-0.05, 0) is 68.0 Å². The van der Waals surface area contributed by atoms with Crippen molar-refractivity contribution in [2.24, 2.45) is 0 Å². The topological polar surface area (TPSA) is 46.1 Å². The fraction of sp³-hybridized carbons (Fsp3) is 0.292. The van der Waals surface area contributed by atoms with Gasteiger partial charge in [0.2, 0.25) is 5.95 Å². The molecular formula is C24H24FN3O. The first-order chi connectivity index (χ1) is 14.0. The van der Waals surface area contributed by atoms with Gasteiger partial charge in [0.05, 0.1) is 11.2 Å². The van der Waals surface area contributed by atoms with Crippen LogP contribution in [0.15, 0.2) is 54.9 Å². The Kier molecular flexibility index (Phi) is 5.14. The summed E-state index contributed by atoms with van der Waals surface area (Å²) in [6.07, 6.45) is 7.08. The summed E-state index contributed by atoms with van der Waals surface area (Å²) in [5, 5.41) is 0.913. The minimum atomic E-state index is -0.507. The van der Waals surface area contributed by atoms with Gasteiger partial charge in [-0.2, -0.15) is 4.39 Å². The molecule has 0 radical (unpaired) electrons. The van der Waals surface area contributed by atoms with Crippen LogP contribution in [0, 0.1) is 12.9 Å². The maximum atomic E-state index is 13.3. The van der Waals surface area contributed by atoms with Crippen molar-refractivity contribution < 1.29 is 9.18 Å². The number of carbonyl (C=O) groups is 1. The van der Waals surface area contributed by atoms with Crippen LogP contribution >= 0.6 is 0 Å². The van der Waals surface area contributed by atoms with Gasteiger partial charge in [0.25, 0.3) is 5.91 Å². The van der Waals surface area contributed by atoms with Crippen LogP contribution < -0.4 is 4.90 Å². The van der Waals surface area contributed by atoms with E-state index < -0.39 is 5.95 Å². The minimum Gasteiger partial charge on any atom is -0.305 e. The van der Waals surface area contributed by atoms with Crippen LogP contribution in [-0.2, 0) is 4.79 Å². The van der Waals surface area contributed by atoms with E-state index in [1.165, 1.54) is 12.3 Å². The average Bonchev–Trinajstić information content (AvgIpc) is 2.70. The van der Waals surface area contributed by atoms with Crippen LogP contribution in [0.3, 0.4) is 0 Å². The molecule has 4 nitrogen and oxygen atoms in total. The molecule has 0 spiro atoms. The number of nitrogens with zero attached hydrogens (tertiary/aromatic N) is 3. The van der Waals surface area contributed by atoms with Crippen LogP contribution in [0.25, 0.3) is 22.0 Å². The number of aromatic nitrogens is 2. The molecule has 2 aromatic heterocycles. The Morgan fingerprint density at radius 2 is 1.93 bits per heavy atom. The van der Waals surface area contributed by atoms with E-state index in [9.17, 15) is 9.18 Å². The highest BCUT2D eigenvalue weighted by molar-refractivity contribution is 6.11. The number of amides is 1. The zero-order chi connectivity index (χ0) is 20.5. The van der Waals surface area contributed by atoms with Gasteiger partial charge in [-0.1, -0.05) is 19.6 Å². The first kappa shape index (κ1) is 19.2. The maximum Gasteiger partial charge on any atom is 0.253 e. The lowest BCUT2D eigenvalue weighted by Crippen LogP contribution is -2.45. The standard InChI is InChI=1S/C24H24FN3O/c1-4-15(2)24(29)28(19-6-5-7-19)23-16(3)13-26-21-10-8-17(12-20(21)23)18-9-11-22(25)27-14-18/h8-14,19H,2,4-7H2,1,3H3. The highest BCUT2D eigenvalue weighted by Crippen LogP contribution is 2.38. The molecule has 0 saturated heterocycles. The van der Waals surface area contributed by atoms with E-state index in [2.05, 4.69) is 16.5 Å². The van der Waals surface area contributed by atoms with Gasteiger partial charge in [0, 0.05) is 35.0 Å². The summed E-state index contributed by atoms with van der Waals surface area (Å²) in [6.45, 7) is 7.94. The van der Waals surface area contributed by atoms with Gasteiger partial charge in [0.1, 0.15) is 0 Å². The summed E-state index contributed by atoms with van der Waals surface area (Å²) in [4.78, 5) is 23.5. The lowest BCUT2D eigenvalue weighted by molar-refractivity contribution is -0.116.